The third-order valence-electron chi connectivity index (χ3n) is 5.29. The number of rotatable bonds is 5. The number of anilines is 1. The summed E-state index contributed by atoms with van der Waals surface area (Å²) in [5.41, 5.74) is 1.63. The lowest BCUT2D eigenvalue weighted by atomic mass is 9.81. The average molecular weight is 380 g/mol. The molecule has 2 aliphatic rings. The van der Waals surface area contributed by atoms with Crippen molar-refractivity contribution in [2.75, 3.05) is 18.0 Å². The van der Waals surface area contributed by atoms with Crippen LogP contribution in [-0.4, -0.2) is 38.5 Å². The average Bonchev–Trinajstić information content (AvgIpc) is 3.04. The van der Waals surface area contributed by atoms with Crippen molar-refractivity contribution in [2.45, 2.75) is 43.9 Å². The second-order valence-corrected chi connectivity index (χ2v) is 8.69. The summed E-state index contributed by atoms with van der Waals surface area (Å²) in [6, 6.07) is 4.91. The minimum Gasteiger partial charge on any atom is -0.481 e. The van der Waals surface area contributed by atoms with Gasteiger partial charge in [-0.15, -0.1) is 0 Å². The van der Waals surface area contributed by atoms with Crippen LogP contribution >= 0.6 is 0 Å². The zero-order valence-corrected chi connectivity index (χ0v) is 15.6. The van der Waals surface area contributed by atoms with Gasteiger partial charge in [0, 0.05) is 24.7 Å². The van der Waals surface area contributed by atoms with E-state index in [1.165, 1.54) is 0 Å². The number of carbonyl (C=O) groups excluding carboxylic acids is 1. The van der Waals surface area contributed by atoms with Crippen molar-refractivity contribution in [3.05, 3.63) is 23.8 Å². The largest absolute Gasteiger partial charge is 0.481 e. The number of nitrogens with zero attached hydrogens (tertiary/aromatic N) is 1. The summed E-state index contributed by atoms with van der Waals surface area (Å²) in [4.78, 5) is 25.8. The van der Waals surface area contributed by atoms with Gasteiger partial charge >= 0.3 is 5.97 Å². The first-order chi connectivity index (χ1) is 12.3. The molecule has 0 saturated heterocycles. The summed E-state index contributed by atoms with van der Waals surface area (Å²) in [7, 11) is -3.58. The van der Waals surface area contributed by atoms with Crippen LogP contribution in [0.25, 0.3) is 0 Å². The van der Waals surface area contributed by atoms with E-state index in [1.54, 1.807) is 30.0 Å². The van der Waals surface area contributed by atoms with E-state index in [-0.39, 0.29) is 22.6 Å². The number of carbonyl (C=O) groups is 2. The lowest BCUT2D eigenvalue weighted by Crippen LogP contribution is -2.37. The first-order valence-corrected chi connectivity index (χ1v) is 10.5. The van der Waals surface area contributed by atoms with Gasteiger partial charge in [0.05, 0.1) is 10.8 Å². The van der Waals surface area contributed by atoms with Crippen molar-refractivity contribution in [2.24, 2.45) is 11.8 Å². The molecule has 1 amide bonds. The number of hydrogen-bond donors (Lipinski definition) is 2. The molecule has 0 unspecified atom stereocenters. The van der Waals surface area contributed by atoms with E-state index in [4.69, 9.17) is 5.11 Å². The van der Waals surface area contributed by atoms with Gasteiger partial charge in [0.2, 0.25) is 15.9 Å². The van der Waals surface area contributed by atoms with Crippen LogP contribution < -0.4 is 9.62 Å². The van der Waals surface area contributed by atoms with E-state index < -0.39 is 16.0 Å². The molecule has 1 fully saturated rings. The van der Waals surface area contributed by atoms with Crippen LogP contribution in [0.4, 0.5) is 5.69 Å². The van der Waals surface area contributed by atoms with Crippen molar-refractivity contribution in [1.82, 2.24) is 4.72 Å². The zero-order valence-electron chi connectivity index (χ0n) is 14.8. The number of carboxylic acids is 1. The van der Waals surface area contributed by atoms with Gasteiger partial charge < -0.3 is 10.0 Å². The Bertz CT molecular complexity index is 813. The molecule has 1 aromatic rings. The molecule has 0 bridgehead atoms. The first kappa shape index (κ1) is 18.8. The highest BCUT2D eigenvalue weighted by Crippen LogP contribution is 2.35. The normalized spacial score (nSPS) is 22.9. The summed E-state index contributed by atoms with van der Waals surface area (Å²) < 4.78 is 26.9. The van der Waals surface area contributed by atoms with Gasteiger partial charge in [0.25, 0.3) is 0 Å². The Hall–Kier alpha value is -1.93. The maximum absolute atomic E-state index is 12.9. The number of nitrogens with one attached hydrogen (secondary N) is 1. The highest BCUT2D eigenvalue weighted by atomic mass is 32.2. The third kappa shape index (κ3) is 3.61. The van der Waals surface area contributed by atoms with E-state index >= 15 is 0 Å². The lowest BCUT2D eigenvalue weighted by Gasteiger charge is -2.29. The molecule has 26 heavy (non-hydrogen) atoms. The molecule has 142 valence electrons. The predicted octanol–water partition coefficient (Wildman–Crippen LogP) is 1.76. The van der Waals surface area contributed by atoms with Gasteiger partial charge in [-0.05, 0) is 49.8 Å². The minimum absolute atomic E-state index is 0.0226. The fraction of sp³-hybridized carbons (Fsp3) is 0.556. The predicted molar refractivity (Wildman–Crippen MR) is 96.4 cm³/mol. The summed E-state index contributed by atoms with van der Waals surface area (Å²) >= 11 is 0. The maximum atomic E-state index is 12.9. The molecule has 2 N–H and O–H groups in total. The van der Waals surface area contributed by atoms with Crippen LogP contribution in [0.3, 0.4) is 0 Å². The maximum Gasteiger partial charge on any atom is 0.306 e. The Balaban J connectivity index is 1.78. The molecule has 0 spiro atoms. The number of hydrogen-bond acceptors (Lipinski definition) is 4. The highest BCUT2D eigenvalue weighted by molar-refractivity contribution is 7.89. The molecule has 1 saturated carbocycles. The molecule has 1 aromatic carbocycles. The summed E-state index contributed by atoms with van der Waals surface area (Å²) in [6.07, 6.45) is 2.86. The number of carboxylic acid groups (broad SMARTS) is 1. The lowest BCUT2D eigenvalue weighted by molar-refractivity contribution is -0.144. The molecule has 1 aliphatic heterocycles. The second-order valence-electron chi connectivity index (χ2n) is 6.92. The van der Waals surface area contributed by atoms with Crippen molar-refractivity contribution < 1.29 is 23.1 Å². The highest BCUT2D eigenvalue weighted by Gasteiger charge is 2.35. The van der Waals surface area contributed by atoms with Gasteiger partial charge in [-0.25, -0.2) is 13.1 Å². The zero-order chi connectivity index (χ0) is 18.9. The van der Waals surface area contributed by atoms with Gasteiger partial charge in [-0.3, -0.25) is 9.59 Å². The standard InChI is InChI=1S/C18H24N2O5S/c1-2-19-26(24,25)15-8-7-12-9-10-20(16(12)11-15)17(21)13-3-5-14(6-4-13)18(22)23/h7-8,11,13-14,19H,2-6,9-10H2,1H3,(H,22,23). The molecule has 0 atom stereocenters. The van der Waals surface area contributed by atoms with Crippen molar-refractivity contribution in [3.63, 3.8) is 0 Å². The number of amides is 1. The summed E-state index contributed by atoms with van der Waals surface area (Å²) in [5.74, 6) is -1.36. The van der Waals surface area contributed by atoms with Crippen LogP contribution in [0.1, 0.15) is 38.2 Å². The van der Waals surface area contributed by atoms with Crippen LogP contribution in [0.2, 0.25) is 0 Å². The van der Waals surface area contributed by atoms with Crippen molar-refractivity contribution in [1.29, 1.82) is 0 Å². The number of aliphatic carboxylic acids is 1. The van der Waals surface area contributed by atoms with E-state index in [0.717, 1.165) is 5.56 Å². The van der Waals surface area contributed by atoms with Crippen LogP contribution in [0, 0.1) is 11.8 Å². The summed E-state index contributed by atoms with van der Waals surface area (Å²) in [5, 5.41) is 9.10. The Morgan fingerprint density at radius 3 is 2.46 bits per heavy atom. The van der Waals surface area contributed by atoms with Gasteiger partial charge in [-0.2, -0.15) is 0 Å². The molecule has 3 rings (SSSR count). The molecule has 1 aliphatic carbocycles. The Labute approximate surface area is 153 Å². The van der Waals surface area contributed by atoms with E-state index in [2.05, 4.69) is 4.72 Å². The Morgan fingerprint density at radius 2 is 1.85 bits per heavy atom. The van der Waals surface area contributed by atoms with Crippen LogP contribution in [0.15, 0.2) is 23.1 Å². The Kier molecular flexibility index (Phi) is 5.34. The van der Waals surface area contributed by atoms with Crippen molar-refractivity contribution >= 4 is 27.6 Å². The van der Waals surface area contributed by atoms with Crippen molar-refractivity contribution in [3.8, 4) is 0 Å². The molecule has 1 heterocycles. The topological polar surface area (TPSA) is 104 Å². The molecular formula is C18H24N2O5S. The van der Waals surface area contributed by atoms with Gasteiger partial charge in [0.1, 0.15) is 0 Å². The first-order valence-electron chi connectivity index (χ1n) is 9.00. The van der Waals surface area contributed by atoms with E-state index in [1.807, 2.05) is 0 Å². The number of fused-ring (bicyclic) bond motifs is 1. The van der Waals surface area contributed by atoms with Gasteiger partial charge in [0.15, 0.2) is 0 Å². The molecule has 0 aromatic heterocycles. The minimum atomic E-state index is -3.58. The molecule has 8 heteroatoms. The third-order valence-corrected chi connectivity index (χ3v) is 6.83. The second kappa shape index (κ2) is 7.36. The Morgan fingerprint density at radius 1 is 1.19 bits per heavy atom. The molecular weight excluding hydrogens is 356 g/mol. The SMILES string of the molecule is CCNS(=O)(=O)c1ccc2c(c1)N(C(=O)C1CCC(C(=O)O)CC1)CC2. The molecule has 0 radical (unpaired) electrons. The number of sulfonamides is 1. The van der Waals surface area contributed by atoms with Crippen LogP contribution in [-0.2, 0) is 26.0 Å². The summed E-state index contributed by atoms with van der Waals surface area (Å²) in [6.45, 7) is 2.56. The quantitative estimate of drug-likeness (QED) is 0.810. The smallest absolute Gasteiger partial charge is 0.306 e. The van der Waals surface area contributed by atoms with E-state index in [9.17, 15) is 18.0 Å². The monoisotopic (exact) mass is 380 g/mol. The fourth-order valence-corrected chi connectivity index (χ4v) is 4.90. The number of benzene rings is 1. The van der Waals surface area contributed by atoms with Crippen LogP contribution in [0.5, 0.6) is 0 Å². The molecule has 7 nitrogen and oxygen atoms in total. The van der Waals surface area contributed by atoms with E-state index in [0.29, 0.717) is 50.9 Å². The fourth-order valence-electron chi connectivity index (χ4n) is 3.84. The van der Waals surface area contributed by atoms with Gasteiger partial charge in [-0.1, -0.05) is 13.0 Å².